The van der Waals surface area contributed by atoms with Crippen LogP contribution in [-0.4, -0.2) is 48.6 Å². The third-order valence-electron chi connectivity index (χ3n) is 1.27. The van der Waals surface area contributed by atoms with E-state index in [1.807, 2.05) is 0 Å². The van der Waals surface area contributed by atoms with E-state index in [2.05, 4.69) is 4.74 Å². The summed E-state index contributed by atoms with van der Waals surface area (Å²) in [5.41, 5.74) is 0. The van der Waals surface area contributed by atoms with E-state index >= 15 is 0 Å². The molecule has 0 aliphatic carbocycles. The molecule has 0 unspecified atom stereocenters. The van der Waals surface area contributed by atoms with Gasteiger partial charge >= 0.3 is 11.9 Å². The first-order valence-corrected chi connectivity index (χ1v) is 4.23. The van der Waals surface area contributed by atoms with Gasteiger partial charge in [0.15, 0.2) is 0 Å². The largest absolute Gasteiger partial charge is 0.481 e. The van der Waals surface area contributed by atoms with Crippen LogP contribution < -0.4 is 0 Å². The molecule has 0 aliphatic rings. The summed E-state index contributed by atoms with van der Waals surface area (Å²) in [7, 11) is 0. The van der Waals surface area contributed by atoms with Crippen molar-refractivity contribution in [1.82, 2.24) is 0 Å². The monoisotopic (exact) mass is 206 g/mol. The molecule has 0 fully saturated rings. The Balaban J connectivity index is 3.22. The van der Waals surface area contributed by atoms with E-state index in [1.165, 1.54) is 0 Å². The van der Waals surface area contributed by atoms with Gasteiger partial charge in [0.05, 0.1) is 32.7 Å². The molecule has 0 bridgehead atoms. The molecule has 0 aromatic carbocycles. The third kappa shape index (κ3) is 8.95. The second-order valence-electron chi connectivity index (χ2n) is 2.45. The summed E-state index contributed by atoms with van der Waals surface area (Å²) in [6.07, 6.45) is -0.355. The van der Waals surface area contributed by atoms with Crippen molar-refractivity contribution in [2.75, 3.05) is 26.4 Å². The second-order valence-corrected chi connectivity index (χ2v) is 2.45. The number of aliphatic hydroxyl groups is 1. The van der Waals surface area contributed by atoms with Crippen LogP contribution in [0.2, 0.25) is 0 Å². The lowest BCUT2D eigenvalue weighted by atomic mass is 10.3. The highest BCUT2D eigenvalue weighted by molar-refractivity contribution is 5.76. The number of aliphatic hydroxyl groups excluding tert-OH is 1. The van der Waals surface area contributed by atoms with Gasteiger partial charge in [-0.25, -0.2) is 0 Å². The van der Waals surface area contributed by atoms with Crippen molar-refractivity contribution >= 4 is 11.9 Å². The molecule has 0 amide bonds. The summed E-state index contributed by atoms with van der Waals surface area (Å²) in [5.74, 6) is -1.58. The number of carbonyl (C=O) groups excluding carboxylic acids is 1. The predicted octanol–water partition coefficient (Wildman–Crippen LogP) is -0.597. The summed E-state index contributed by atoms with van der Waals surface area (Å²) in [6, 6.07) is 0. The fraction of sp³-hybridized carbons (Fsp3) is 0.750. The minimum atomic E-state index is -1.03. The van der Waals surface area contributed by atoms with Crippen molar-refractivity contribution in [2.45, 2.75) is 12.8 Å². The molecule has 0 atom stereocenters. The van der Waals surface area contributed by atoms with Crippen LogP contribution in [0.4, 0.5) is 0 Å². The number of ether oxygens (including phenoxy) is 2. The van der Waals surface area contributed by atoms with E-state index in [4.69, 9.17) is 14.9 Å². The average Bonchev–Trinajstić information content (AvgIpc) is 2.14. The van der Waals surface area contributed by atoms with Crippen LogP contribution in [0.15, 0.2) is 0 Å². The summed E-state index contributed by atoms with van der Waals surface area (Å²) >= 11 is 0. The molecule has 2 N–H and O–H groups in total. The molecule has 14 heavy (non-hydrogen) atoms. The van der Waals surface area contributed by atoms with Crippen LogP contribution in [0, 0.1) is 0 Å². The lowest BCUT2D eigenvalue weighted by molar-refractivity contribution is -0.148. The van der Waals surface area contributed by atoms with Crippen LogP contribution in [-0.2, 0) is 19.1 Å². The molecular formula is C8H14O6. The van der Waals surface area contributed by atoms with Gasteiger partial charge in [-0.15, -0.1) is 0 Å². The SMILES string of the molecule is O=C(O)CCC(=O)OCCOCCO. The summed E-state index contributed by atoms with van der Waals surface area (Å²) in [4.78, 5) is 20.8. The van der Waals surface area contributed by atoms with Gasteiger partial charge in [0, 0.05) is 0 Å². The van der Waals surface area contributed by atoms with Crippen LogP contribution >= 0.6 is 0 Å². The second kappa shape index (κ2) is 8.46. The van der Waals surface area contributed by atoms with Gasteiger partial charge in [-0.2, -0.15) is 0 Å². The number of hydrogen-bond donors (Lipinski definition) is 2. The van der Waals surface area contributed by atoms with Crippen molar-refractivity contribution in [3.05, 3.63) is 0 Å². The highest BCUT2D eigenvalue weighted by Crippen LogP contribution is 1.92. The van der Waals surface area contributed by atoms with Crippen molar-refractivity contribution in [2.24, 2.45) is 0 Å². The maximum Gasteiger partial charge on any atom is 0.306 e. The molecule has 0 saturated carbocycles. The predicted molar refractivity (Wildman–Crippen MR) is 45.7 cm³/mol. The normalized spacial score (nSPS) is 9.79. The lowest BCUT2D eigenvalue weighted by Crippen LogP contribution is -2.12. The zero-order valence-electron chi connectivity index (χ0n) is 7.77. The fourth-order valence-corrected chi connectivity index (χ4v) is 0.662. The van der Waals surface area contributed by atoms with Gasteiger partial charge in [0.25, 0.3) is 0 Å². The minimum absolute atomic E-state index is 0.0764. The molecule has 6 nitrogen and oxygen atoms in total. The maximum atomic E-state index is 10.8. The highest BCUT2D eigenvalue weighted by atomic mass is 16.6. The van der Waals surface area contributed by atoms with E-state index in [9.17, 15) is 9.59 Å². The number of esters is 1. The number of carboxylic acid groups (broad SMARTS) is 1. The standard InChI is InChI=1S/C8H14O6/c9-3-4-13-5-6-14-8(12)2-1-7(10)11/h9H,1-6H2,(H,10,11). The molecule has 0 aromatic heterocycles. The Morgan fingerprint density at radius 1 is 1.07 bits per heavy atom. The Hall–Kier alpha value is -1.14. The summed E-state index contributed by atoms with van der Waals surface area (Å²) in [6.45, 7) is 0.414. The first-order chi connectivity index (χ1) is 6.66. The van der Waals surface area contributed by atoms with Gasteiger partial charge in [0.1, 0.15) is 6.61 Å². The highest BCUT2D eigenvalue weighted by Gasteiger charge is 2.05. The number of carbonyl (C=O) groups is 2. The average molecular weight is 206 g/mol. The molecule has 0 rings (SSSR count). The fourth-order valence-electron chi connectivity index (χ4n) is 0.662. The molecule has 0 heterocycles. The van der Waals surface area contributed by atoms with Crippen molar-refractivity contribution in [3.8, 4) is 0 Å². The number of carboxylic acids is 1. The van der Waals surface area contributed by atoms with E-state index in [-0.39, 0.29) is 39.3 Å². The Morgan fingerprint density at radius 3 is 2.36 bits per heavy atom. The smallest absolute Gasteiger partial charge is 0.306 e. The molecule has 0 saturated heterocycles. The molecular weight excluding hydrogens is 192 g/mol. The lowest BCUT2D eigenvalue weighted by Gasteiger charge is -2.03. The van der Waals surface area contributed by atoms with Gasteiger partial charge in [-0.05, 0) is 0 Å². The molecule has 0 aliphatic heterocycles. The van der Waals surface area contributed by atoms with E-state index < -0.39 is 11.9 Å². The molecule has 6 heteroatoms. The Kier molecular flexibility index (Phi) is 7.77. The zero-order valence-corrected chi connectivity index (χ0v) is 7.77. The minimum Gasteiger partial charge on any atom is -0.481 e. The number of hydrogen-bond acceptors (Lipinski definition) is 5. The van der Waals surface area contributed by atoms with E-state index in [0.29, 0.717) is 0 Å². The molecule has 82 valence electrons. The summed E-state index contributed by atoms with van der Waals surface area (Å²) in [5, 5.41) is 16.6. The number of aliphatic carboxylic acids is 1. The Morgan fingerprint density at radius 2 is 1.79 bits per heavy atom. The number of rotatable bonds is 8. The van der Waals surface area contributed by atoms with Crippen molar-refractivity contribution in [3.63, 3.8) is 0 Å². The van der Waals surface area contributed by atoms with Crippen molar-refractivity contribution < 1.29 is 29.3 Å². The molecule has 0 radical (unpaired) electrons. The van der Waals surface area contributed by atoms with E-state index in [0.717, 1.165) is 0 Å². The maximum absolute atomic E-state index is 10.8. The molecule has 0 spiro atoms. The van der Waals surface area contributed by atoms with Crippen LogP contribution in [0.5, 0.6) is 0 Å². The van der Waals surface area contributed by atoms with Gasteiger partial charge in [0.2, 0.25) is 0 Å². The third-order valence-corrected chi connectivity index (χ3v) is 1.27. The topological polar surface area (TPSA) is 93.1 Å². The first kappa shape index (κ1) is 12.9. The Bertz CT molecular complexity index is 179. The van der Waals surface area contributed by atoms with E-state index in [1.54, 1.807) is 0 Å². The van der Waals surface area contributed by atoms with Gasteiger partial charge in [-0.3, -0.25) is 9.59 Å². The van der Waals surface area contributed by atoms with Gasteiger partial charge in [-0.1, -0.05) is 0 Å². The molecule has 0 aromatic rings. The zero-order chi connectivity index (χ0) is 10.8. The van der Waals surface area contributed by atoms with Crippen LogP contribution in [0.1, 0.15) is 12.8 Å². The Labute approximate surface area is 81.4 Å². The van der Waals surface area contributed by atoms with Crippen LogP contribution in [0.25, 0.3) is 0 Å². The van der Waals surface area contributed by atoms with Crippen LogP contribution in [0.3, 0.4) is 0 Å². The quantitative estimate of drug-likeness (QED) is 0.407. The van der Waals surface area contributed by atoms with Gasteiger partial charge < -0.3 is 19.7 Å². The van der Waals surface area contributed by atoms with Crippen molar-refractivity contribution in [1.29, 1.82) is 0 Å². The first-order valence-electron chi connectivity index (χ1n) is 4.23. The summed E-state index contributed by atoms with van der Waals surface area (Å²) < 4.78 is 9.45.